The van der Waals surface area contributed by atoms with Gasteiger partial charge in [-0.15, -0.1) is 5.10 Å². The molecule has 1 aliphatic rings. The summed E-state index contributed by atoms with van der Waals surface area (Å²) >= 11 is 6.21. The molecule has 178 valence electrons. The first-order chi connectivity index (χ1) is 16.4. The van der Waals surface area contributed by atoms with Gasteiger partial charge in [0.2, 0.25) is 5.91 Å². The predicted molar refractivity (Wildman–Crippen MR) is 134 cm³/mol. The van der Waals surface area contributed by atoms with Crippen molar-refractivity contribution in [3.05, 3.63) is 80.6 Å². The van der Waals surface area contributed by atoms with Gasteiger partial charge in [-0.3, -0.25) is 9.59 Å². The summed E-state index contributed by atoms with van der Waals surface area (Å²) in [4.78, 5) is 29.5. The third kappa shape index (κ3) is 5.25. The van der Waals surface area contributed by atoms with Gasteiger partial charge in [0.1, 0.15) is 11.6 Å². The second-order valence-corrected chi connectivity index (χ2v) is 8.98. The molecule has 0 saturated carbocycles. The molecule has 1 amide bonds. The van der Waals surface area contributed by atoms with Crippen molar-refractivity contribution in [2.75, 3.05) is 38.2 Å². The van der Waals surface area contributed by atoms with Crippen molar-refractivity contribution >= 4 is 23.3 Å². The smallest absolute Gasteiger partial charge is 0.271 e. The summed E-state index contributed by atoms with van der Waals surface area (Å²) in [7, 11) is 1.57. The number of aryl methyl sites for hydroxylation is 2. The van der Waals surface area contributed by atoms with Crippen LogP contribution in [0.15, 0.2) is 53.3 Å². The van der Waals surface area contributed by atoms with E-state index in [1.54, 1.807) is 31.4 Å². The second-order valence-electron chi connectivity index (χ2n) is 8.58. The number of halogens is 1. The highest BCUT2D eigenvalue weighted by Crippen LogP contribution is 2.25. The molecule has 2 heterocycles. The molecule has 34 heavy (non-hydrogen) atoms. The molecule has 0 N–H and O–H groups in total. The SMILES string of the molecule is COc1ccc(CC(=O)N2CCCN(c3ccc(=O)n(-c4ccc(C)c(C)c4)n3)CC2)cc1Cl. The van der Waals surface area contributed by atoms with Crippen LogP contribution in [0.3, 0.4) is 0 Å². The molecule has 1 aromatic heterocycles. The molecule has 3 aromatic rings. The van der Waals surface area contributed by atoms with Gasteiger partial charge in [0, 0.05) is 32.2 Å². The Morgan fingerprint density at radius 1 is 1.00 bits per heavy atom. The average Bonchev–Trinajstić information content (AvgIpc) is 3.08. The first-order valence-corrected chi connectivity index (χ1v) is 11.8. The van der Waals surface area contributed by atoms with E-state index in [2.05, 4.69) is 10.00 Å². The standard InChI is InChI=1S/C26H29ClN4O3/c1-18-5-7-21(15-19(18)2)31-25(32)10-9-24(28-31)29-11-4-12-30(14-13-29)26(33)17-20-6-8-23(34-3)22(27)16-20/h5-10,15-16H,4,11-14,17H2,1-3H3. The van der Waals surface area contributed by atoms with Gasteiger partial charge in [-0.1, -0.05) is 23.7 Å². The number of anilines is 1. The number of methoxy groups -OCH3 is 1. The number of hydrogen-bond donors (Lipinski definition) is 0. The van der Waals surface area contributed by atoms with Crippen LogP contribution in [0, 0.1) is 13.8 Å². The fourth-order valence-electron chi connectivity index (χ4n) is 4.11. The first kappa shape index (κ1) is 23.8. The van der Waals surface area contributed by atoms with Gasteiger partial charge >= 0.3 is 0 Å². The molecule has 0 aliphatic carbocycles. The van der Waals surface area contributed by atoms with Gasteiger partial charge in [-0.2, -0.15) is 4.68 Å². The third-order valence-electron chi connectivity index (χ3n) is 6.27. The van der Waals surface area contributed by atoms with E-state index in [9.17, 15) is 9.59 Å². The lowest BCUT2D eigenvalue weighted by Gasteiger charge is -2.23. The lowest BCUT2D eigenvalue weighted by molar-refractivity contribution is -0.130. The van der Waals surface area contributed by atoms with E-state index in [0.717, 1.165) is 35.6 Å². The maximum absolute atomic E-state index is 12.9. The third-order valence-corrected chi connectivity index (χ3v) is 6.56. The van der Waals surface area contributed by atoms with Crippen LogP contribution in [0.1, 0.15) is 23.1 Å². The Labute approximate surface area is 204 Å². The molecular weight excluding hydrogens is 452 g/mol. The largest absolute Gasteiger partial charge is 0.495 e. The molecule has 4 rings (SSSR count). The predicted octanol–water partition coefficient (Wildman–Crippen LogP) is 3.79. The Morgan fingerprint density at radius 3 is 2.56 bits per heavy atom. The zero-order chi connectivity index (χ0) is 24.2. The monoisotopic (exact) mass is 480 g/mol. The lowest BCUT2D eigenvalue weighted by atomic mass is 10.1. The number of aromatic nitrogens is 2. The molecule has 0 radical (unpaired) electrons. The molecule has 2 aromatic carbocycles. The van der Waals surface area contributed by atoms with Crippen molar-refractivity contribution in [2.45, 2.75) is 26.7 Å². The van der Waals surface area contributed by atoms with Gasteiger partial charge in [0.15, 0.2) is 0 Å². The van der Waals surface area contributed by atoms with E-state index >= 15 is 0 Å². The minimum absolute atomic E-state index is 0.0659. The lowest BCUT2D eigenvalue weighted by Crippen LogP contribution is -2.36. The zero-order valence-electron chi connectivity index (χ0n) is 19.8. The Hall–Kier alpha value is -3.32. The normalized spacial score (nSPS) is 14.1. The average molecular weight is 481 g/mol. The Kier molecular flexibility index (Phi) is 7.22. The quantitative estimate of drug-likeness (QED) is 0.555. The van der Waals surface area contributed by atoms with Crippen LogP contribution in [-0.2, 0) is 11.2 Å². The van der Waals surface area contributed by atoms with Crippen molar-refractivity contribution in [3.8, 4) is 11.4 Å². The van der Waals surface area contributed by atoms with E-state index in [1.807, 2.05) is 43.0 Å². The summed E-state index contributed by atoms with van der Waals surface area (Å²) in [6.07, 6.45) is 1.11. The van der Waals surface area contributed by atoms with E-state index in [0.29, 0.717) is 36.8 Å². The fraction of sp³-hybridized carbons (Fsp3) is 0.346. The van der Waals surface area contributed by atoms with Crippen molar-refractivity contribution in [1.82, 2.24) is 14.7 Å². The number of rotatable bonds is 5. The highest BCUT2D eigenvalue weighted by Gasteiger charge is 2.21. The Morgan fingerprint density at radius 2 is 1.82 bits per heavy atom. The van der Waals surface area contributed by atoms with Gasteiger partial charge in [-0.25, -0.2) is 0 Å². The van der Waals surface area contributed by atoms with Crippen molar-refractivity contribution in [1.29, 1.82) is 0 Å². The van der Waals surface area contributed by atoms with Crippen LogP contribution in [0.25, 0.3) is 5.69 Å². The molecular formula is C26H29ClN4O3. The topological polar surface area (TPSA) is 67.7 Å². The second kappa shape index (κ2) is 10.3. The highest BCUT2D eigenvalue weighted by molar-refractivity contribution is 6.32. The van der Waals surface area contributed by atoms with E-state index in [4.69, 9.17) is 16.3 Å². The van der Waals surface area contributed by atoms with Crippen LogP contribution in [0.5, 0.6) is 5.75 Å². The number of benzene rings is 2. The Bertz CT molecular complexity index is 1260. The summed E-state index contributed by atoms with van der Waals surface area (Å²) in [6.45, 7) is 6.74. The van der Waals surface area contributed by atoms with Gasteiger partial charge in [-0.05, 0) is 67.3 Å². The maximum Gasteiger partial charge on any atom is 0.271 e. The summed E-state index contributed by atoms with van der Waals surface area (Å²) in [5.74, 6) is 1.39. The molecule has 0 bridgehead atoms. The van der Waals surface area contributed by atoms with Crippen molar-refractivity contribution < 1.29 is 9.53 Å². The van der Waals surface area contributed by atoms with Gasteiger partial charge in [0.25, 0.3) is 5.56 Å². The zero-order valence-corrected chi connectivity index (χ0v) is 20.5. The minimum Gasteiger partial charge on any atom is -0.495 e. The van der Waals surface area contributed by atoms with Crippen LogP contribution in [-0.4, -0.2) is 53.9 Å². The van der Waals surface area contributed by atoms with Crippen LogP contribution >= 0.6 is 11.6 Å². The molecule has 1 fully saturated rings. The van der Waals surface area contributed by atoms with Crippen LogP contribution in [0.2, 0.25) is 5.02 Å². The highest BCUT2D eigenvalue weighted by atomic mass is 35.5. The summed E-state index contributed by atoms with van der Waals surface area (Å²) in [6, 6.07) is 14.6. The molecule has 7 nitrogen and oxygen atoms in total. The maximum atomic E-state index is 12.9. The molecule has 0 unspecified atom stereocenters. The number of amides is 1. The van der Waals surface area contributed by atoms with Crippen molar-refractivity contribution in [2.24, 2.45) is 0 Å². The fourth-order valence-corrected chi connectivity index (χ4v) is 4.39. The van der Waals surface area contributed by atoms with Crippen LogP contribution < -0.4 is 15.2 Å². The number of nitrogens with zero attached hydrogens (tertiary/aromatic N) is 4. The van der Waals surface area contributed by atoms with E-state index in [1.165, 1.54) is 10.2 Å². The summed E-state index contributed by atoms with van der Waals surface area (Å²) in [5.41, 5.74) is 3.72. The molecule has 1 aliphatic heterocycles. The molecule has 0 atom stereocenters. The van der Waals surface area contributed by atoms with E-state index < -0.39 is 0 Å². The van der Waals surface area contributed by atoms with Gasteiger partial charge in [0.05, 0.1) is 24.2 Å². The van der Waals surface area contributed by atoms with Crippen LogP contribution in [0.4, 0.5) is 5.82 Å². The minimum atomic E-state index is -0.170. The van der Waals surface area contributed by atoms with Crippen molar-refractivity contribution in [3.63, 3.8) is 0 Å². The van der Waals surface area contributed by atoms with E-state index in [-0.39, 0.29) is 11.5 Å². The van der Waals surface area contributed by atoms with Gasteiger partial charge < -0.3 is 14.5 Å². The number of ether oxygens (including phenoxy) is 1. The number of carbonyl (C=O) groups is 1. The number of carbonyl (C=O) groups excluding carboxylic acids is 1. The Balaban J connectivity index is 1.46. The molecule has 1 saturated heterocycles. The molecule has 8 heteroatoms. The summed E-state index contributed by atoms with van der Waals surface area (Å²) in [5, 5.41) is 5.14. The first-order valence-electron chi connectivity index (χ1n) is 11.4. The molecule has 0 spiro atoms. The summed E-state index contributed by atoms with van der Waals surface area (Å²) < 4.78 is 6.63. The number of hydrogen-bond acceptors (Lipinski definition) is 5.